The molecule has 0 amide bonds. The third kappa shape index (κ3) is 4.42. The summed E-state index contributed by atoms with van der Waals surface area (Å²) in [4.78, 5) is 15.0. The van der Waals surface area contributed by atoms with Crippen molar-refractivity contribution in [3.8, 4) is 22.6 Å². The molecule has 0 bridgehead atoms. The number of pyridine rings is 1. The Balaban J connectivity index is 1.18. The van der Waals surface area contributed by atoms with Crippen molar-refractivity contribution >= 4 is 26.7 Å². The van der Waals surface area contributed by atoms with Crippen LogP contribution in [0.2, 0.25) is 0 Å². The van der Waals surface area contributed by atoms with Crippen LogP contribution in [0.15, 0.2) is 65.6 Å². The van der Waals surface area contributed by atoms with E-state index in [1.165, 1.54) is 31.6 Å². The van der Waals surface area contributed by atoms with Crippen molar-refractivity contribution in [1.29, 1.82) is 0 Å². The van der Waals surface area contributed by atoms with Gasteiger partial charge in [-0.1, -0.05) is 26.0 Å². The SMILES string of the molecule is CC(C)CN1CC2(C1)CN(c1ccc(-c3ccc4nc(-c5ccc(S(C)(=O)=O)cc5)n(C)c4n3)cc1)C2. The summed E-state index contributed by atoms with van der Waals surface area (Å²) >= 11 is 0. The molecule has 0 unspecified atom stereocenters. The number of hydrogen-bond acceptors (Lipinski definition) is 6. The van der Waals surface area contributed by atoms with Gasteiger partial charge in [-0.05, 0) is 54.4 Å². The predicted octanol–water partition coefficient (Wildman–Crippen LogP) is 4.48. The number of aryl methyl sites for hydroxylation is 1. The van der Waals surface area contributed by atoms with Crippen LogP contribution in [0, 0.1) is 11.3 Å². The summed E-state index contributed by atoms with van der Waals surface area (Å²) in [6, 6.07) is 19.6. The van der Waals surface area contributed by atoms with Crippen molar-refractivity contribution in [1.82, 2.24) is 19.4 Å². The first kappa shape index (κ1) is 24.1. The summed E-state index contributed by atoms with van der Waals surface area (Å²) in [7, 11) is -1.29. The number of rotatable bonds is 6. The van der Waals surface area contributed by atoms with Crippen molar-refractivity contribution in [2.45, 2.75) is 18.7 Å². The maximum atomic E-state index is 11.8. The first-order valence-electron chi connectivity index (χ1n) is 12.8. The van der Waals surface area contributed by atoms with E-state index in [0.717, 1.165) is 52.8 Å². The Labute approximate surface area is 218 Å². The van der Waals surface area contributed by atoms with Crippen LogP contribution in [0.25, 0.3) is 33.8 Å². The molecule has 0 N–H and O–H groups in total. The fourth-order valence-corrected chi connectivity index (χ4v) is 6.50. The molecule has 1 spiro atoms. The number of likely N-dealkylation sites (tertiary alicyclic amines) is 1. The molecule has 4 heterocycles. The lowest BCUT2D eigenvalue weighted by Crippen LogP contribution is -2.72. The minimum atomic E-state index is -3.23. The van der Waals surface area contributed by atoms with Gasteiger partial charge >= 0.3 is 0 Å². The number of hydrogen-bond donors (Lipinski definition) is 0. The molecule has 2 aliphatic rings. The Bertz CT molecular complexity index is 1560. The smallest absolute Gasteiger partial charge is 0.175 e. The quantitative estimate of drug-likeness (QED) is 0.377. The lowest BCUT2D eigenvalue weighted by atomic mass is 9.72. The molecule has 2 aromatic heterocycles. The van der Waals surface area contributed by atoms with E-state index in [9.17, 15) is 8.42 Å². The second-order valence-corrected chi connectivity index (χ2v) is 13.3. The van der Waals surface area contributed by atoms with Gasteiger partial charge < -0.3 is 14.4 Å². The van der Waals surface area contributed by atoms with Crippen LogP contribution in [-0.4, -0.2) is 66.8 Å². The first-order chi connectivity index (χ1) is 17.6. The van der Waals surface area contributed by atoms with Crippen LogP contribution in [0.1, 0.15) is 13.8 Å². The summed E-state index contributed by atoms with van der Waals surface area (Å²) < 4.78 is 25.5. The van der Waals surface area contributed by atoms with E-state index in [-0.39, 0.29) is 0 Å². The number of aromatic nitrogens is 3. The molecule has 0 aliphatic carbocycles. The molecule has 2 saturated heterocycles. The second kappa shape index (κ2) is 8.67. The zero-order chi connectivity index (χ0) is 25.9. The van der Waals surface area contributed by atoms with Gasteiger partial charge in [0.1, 0.15) is 11.3 Å². The van der Waals surface area contributed by atoms with Crippen LogP contribution in [0.4, 0.5) is 5.69 Å². The van der Waals surface area contributed by atoms with Gasteiger partial charge in [0.15, 0.2) is 15.5 Å². The van der Waals surface area contributed by atoms with E-state index < -0.39 is 9.84 Å². The van der Waals surface area contributed by atoms with Crippen LogP contribution in [-0.2, 0) is 16.9 Å². The highest BCUT2D eigenvalue weighted by molar-refractivity contribution is 7.90. The average Bonchev–Trinajstić information content (AvgIpc) is 3.15. The average molecular weight is 516 g/mol. The topological polar surface area (TPSA) is 71.3 Å². The maximum absolute atomic E-state index is 11.8. The minimum absolute atomic E-state index is 0.299. The highest BCUT2D eigenvalue weighted by atomic mass is 32.2. The van der Waals surface area contributed by atoms with Crippen molar-refractivity contribution < 1.29 is 8.42 Å². The van der Waals surface area contributed by atoms with Crippen molar-refractivity contribution in [2.24, 2.45) is 18.4 Å². The summed E-state index contributed by atoms with van der Waals surface area (Å²) in [5, 5.41) is 0. The number of sulfone groups is 1. The molecular formula is C29H33N5O2S. The van der Waals surface area contributed by atoms with Crippen molar-refractivity contribution in [3.05, 3.63) is 60.7 Å². The monoisotopic (exact) mass is 515 g/mol. The third-order valence-electron chi connectivity index (χ3n) is 7.58. The lowest BCUT2D eigenvalue weighted by Gasteiger charge is -2.61. The van der Waals surface area contributed by atoms with E-state index in [4.69, 9.17) is 9.97 Å². The maximum Gasteiger partial charge on any atom is 0.175 e. The number of imidazole rings is 1. The van der Waals surface area contributed by atoms with Crippen LogP contribution < -0.4 is 4.90 Å². The normalized spacial score (nSPS) is 17.4. The van der Waals surface area contributed by atoms with Crippen LogP contribution in [0.3, 0.4) is 0 Å². The zero-order valence-corrected chi connectivity index (χ0v) is 22.7. The van der Waals surface area contributed by atoms with Gasteiger partial charge in [0.05, 0.1) is 10.6 Å². The van der Waals surface area contributed by atoms with E-state index in [2.05, 4.69) is 47.9 Å². The van der Waals surface area contributed by atoms with Gasteiger partial charge in [-0.25, -0.2) is 18.4 Å². The molecule has 37 heavy (non-hydrogen) atoms. The molecule has 6 rings (SSSR count). The highest BCUT2D eigenvalue weighted by Crippen LogP contribution is 2.42. The zero-order valence-electron chi connectivity index (χ0n) is 21.8. The van der Waals surface area contributed by atoms with E-state index >= 15 is 0 Å². The van der Waals surface area contributed by atoms with Gasteiger partial charge in [-0.2, -0.15) is 0 Å². The Kier molecular flexibility index (Phi) is 5.65. The molecule has 8 heteroatoms. The molecule has 2 aromatic carbocycles. The highest BCUT2D eigenvalue weighted by Gasteiger charge is 2.51. The number of nitrogens with zero attached hydrogens (tertiary/aromatic N) is 5. The Morgan fingerprint density at radius 3 is 2.14 bits per heavy atom. The van der Waals surface area contributed by atoms with Crippen LogP contribution >= 0.6 is 0 Å². The summed E-state index contributed by atoms with van der Waals surface area (Å²) in [6.45, 7) is 10.6. The van der Waals surface area contributed by atoms with E-state index in [0.29, 0.717) is 10.3 Å². The standard InChI is InChI=1S/C29H33N5O2S/c1-20(2)15-33-16-29(17-33)18-34(19-29)23-9-5-21(6-10-23)25-13-14-26-28(30-25)32(3)27(31-26)22-7-11-24(12-8-22)37(4,35)36/h5-14,20H,15-19H2,1-4H3. The second-order valence-electron chi connectivity index (χ2n) is 11.3. The summed E-state index contributed by atoms with van der Waals surface area (Å²) in [6.07, 6.45) is 1.21. The first-order valence-corrected chi connectivity index (χ1v) is 14.7. The fourth-order valence-electron chi connectivity index (χ4n) is 5.87. The summed E-state index contributed by atoms with van der Waals surface area (Å²) in [5.74, 6) is 1.49. The molecule has 2 fully saturated rings. The van der Waals surface area contributed by atoms with Gasteiger partial charge in [0.2, 0.25) is 0 Å². The van der Waals surface area contributed by atoms with E-state index in [1.54, 1.807) is 24.3 Å². The number of benzene rings is 2. The number of anilines is 1. The molecule has 192 valence electrons. The Morgan fingerprint density at radius 1 is 0.865 bits per heavy atom. The van der Waals surface area contributed by atoms with Crippen molar-refractivity contribution in [3.63, 3.8) is 0 Å². The van der Waals surface area contributed by atoms with Crippen LogP contribution in [0.5, 0.6) is 0 Å². The van der Waals surface area contributed by atoms with Gasteiger partial charge in [-0.15, -0.1) is 0 Å². The molecule has 0 radical (unpaired) electrons. The Morgan fingerprint density at radius 2 is 1.51 bits per heavy atom. The number of fused-ring (bicyclic) bond motifs is 1. The largest absolute Gasteiger partial charge is 0.370 e. The van der Waals surface area contributed by atoms with E-state index in [1.807, 2.05) is 23.7 Å². The van der Waals surface area contributed by atoms with Gasteiger partial charge in [0, 0.05) is 68.3 Å². The molecule has 0 saturated carbocycles. The molecule has 0 atom stereocenters. The van der Waals surface area contributed by atoms with Gasteiger partial charge in [0.25, 0.3) is 0 Å². The lowest BCUT2D eigenvalue weighted by molar-refractivity contribution is -0.0279. The predicted molar refractivity (Wildman–Crippen MR) is 148 cm³/mol. The molecule has 4 aromatic rings. The Hall–Kier alpha value is -3.23. The van der Waals surface area contributed by atoms with Crippen molar-refractivity contribution in [2.75, 3.05) is 43.9 Å². The van der Waals surface area contributed by atoms with Gasteiger partial charge in [-0.3, -0.25) is 0 Å². The molecular weight excluding hydrogens is 482 g/mol. The fraction of sp³-hybridized carbons (Fsp3) is 0.379. The molecule has 2 aliphatic heterocycles. The third-order valence-corrected chi connectivity index (χ3v) is 8.71. The summed E-state index contributed by atoms with van der Waals surface area (Å²) in [5.41, 5.74) is 6.22. The molecule has 7 nitrogen and oxygen atoms in total. The minimum Gasteiger partial charge on any atom is -0.370 e.